The zero-order chi connectivity index (χ0) is 17.2. The molecule has 0 spiro atoms. The maximum Gasteiger partial charge on any atom is 0.242 e. The average Bonchev–Trinajstić information content (AvgIpc) is 2.83. The predicted octanol–water partition coefficient (Wildman–Crippen LogP) is 0.993. The van der Waals surface area contributed by atoms with E-state index >= 15 is 0 Å². The summed E-state index contributed by atoms with van der Waals surface area (Å²) in [6, 6.07) is 7.06. The minimum Gasteiger partial charge on any atom is -0.340 e. The second kappa shape index (κ2) is 6.70. The Morgan fingerprint density at radius 3 is 2.52 bits per heavy atom. The lowest BCUT2D eigenvalue weighted by Crippen LogP contribution is -2.45. The summed E-state index contributed by atoms with van der Waals surface area (Å²) in [5.74, 6) is -0.371. The molecule has 0 aliphatic carbocycles. The van der Waals surface area contributed by atoms with Gasteiger partial charge in [-0.2, -0.15) is 0 Å². The summed E-state index contributed by atoms with van der Waals surface area (Å²) < 4.78 is 23.1. The summed E-state index contributed by atoms with van der Waals surface area (Å²) in [5.41, 5.74) is 1.66. The summed E-state index contributed by atoms with van der Waals surface area (Å²) in [7, 11) is -1.45. The number of benzene rings is 1. The Bertz CT molecular complexity index is 715. The SMILES string of the molecule is CC(=O)N(CC(=O)N(C)C1CCS(=O)(=O)C1)c1cccc(C)c1. The van der Waals surface area contributed by atoms with E-state index in [1.54, 1.807) is 13.1 Å². The molecule has 1 aliphatic heterocycles. The third kappa shape index (κ3) is 4.31. The molecular formula is C16H22N2O4S. The molecule has 1 aromatic carbocycles. The highest BCUT2D eigenvalue weighted by atomic mass is 32.2. The van der Waals surface area contributed by atoms with Crippen LogP contribution in [0.3, 0.4) is 0 Å². The molecule has 2 amide bonds. The number of aryl methyl sites for hydroxylation is 1. The topological polar surface area (TPSA) is 74.8 Å². The normalized spacial score (nSPS) is 19.3. The van der Waals surface area contributed by atoms with Crippen LogP contribution in [0.15, 0.2) is 24.3 Å². The number of nitrogens with zero attached hydrogens (tertiary/aromatic N) is 2. The molecule has 1 fully saturated rings. The van der Waals surface area contributed by atoms with Gasteiger partial charge in [0, 0.05) is 25.7 Å². The molecule has 0 radical (unpaired) electrons. The number of carbonyl (C=O) groups is 2. The van der Waals surface area contributed by atoms with E-state index in [0.717, 1.165) is 5.56 Å². The van der Waals surface area contributed by atoms with Gasteiger partial charge in [0.05, 0.1) is 11.5 Å². The molecule has 1 unspecified atom stereocenters. The number of anilines is 1. The van der Waals surface area contributed by atoms with E-state index in [-0.39, 0.29) is 35.9 Å². The Hall–Kier alpha value is -1.89. The number of likely N-dealkylation sites (N-methyl/N-ethyl adjacent to an activating group) is 1. The first-order valence-corrected chi connectivity index (χ1v) is 9.32. The monoisotopic (exact) mass is 338 g/mol. The maximum absolute atomic E-state index is 12.5. The van der Waals surface area contributed by atoms with Crippen molar-refractivity contribution in [1.29, 1.82) is 0 Å². The van der Waals surface area contributed by atoms with E-state index in [1.807, 2.05) is 25.1 Å². The van der Waals surface area contributed by atoms with Gasteiger partial charge in [-0.15, -0.1) is 0 Å². The molecule has 1 aromatic rings. The highest BCUT2D eigenvalue weighted by molar-refractivity contribution is 7.91. The van der Waals surface area contributed by atoms with E-state index < -0.39 is 9.84 Å². The second-order valence-electron chi connectivity index (χ2n) is 6.01. The van der Waals surface area contributed by atoms with Crippen LogP contribution < -0.4 is 4.90 Å². The lowest BCUT2D eigenvalue weighted by atomic mass is 10.2. The number of carbonyl (C=O) groups excluding carboxylic acids is 2. The first-order valence-electron chi connectivity index (χ1n) is 7.50. The van der Waals surface area contributed by atoms with Crippen molar-refractivity contribution in [2.75, 3.05) is 30.0 Å². The maximum atomic E-state index is 12.5. The molecule has 0 aromatic heterocycles. The van der Waals surface area contributed by atoms with Crippen LogP contribution >= 0.6 is 0 Å². The van der Waals surface area contributed by atoms with Gasteiger partial charge < -0.3 is 9.80 Å². The van der Waals surface area contributed by atoms with Crippen molar-refractivity contribution >= 4 is 27.3 Å². The number of hydrogen-bond acceptors (Lipinski definition) is 4. The minimum absolute atomic E-state index is 0.000242. The summed E-state index contributed by atoms with van der Waals surface area (Å²) in [4.78, 5) is 27.2. The average molecular weight is 338 g/mol. The summed E-state index contributed by atoms with van der Waals surface area (Å²) >= 11 is 0. The molecule has 126 valence electrons. The van der Waals surface area contributed by atoms with Gasteiger partial charge in [-0.1, -0.05) is 12.1 Å². The van der Waals surface area contributed by atoms with Crippen LogP contribution in [-0.4, -0.2) is 56.3 Å². The summed E-state index contributed by atoms with van der Waals surface area (Å²) in [6.07, 6.45) is 0.453. The van der Waals surface area contributed by atoms with Crippen molar-refractivity contribution in [3.05, 3.63) is 29.8 Å². The Labute approximate surface area is 137 Å². The molecule has 0 saturated carbocycles. The Kier molecular flexibility index (Phi) is 5.09. The van der Waals surface area contributed by atoms with Crippen LogP contribution in [-0.2, 0) is 19.4 Å². The molecule has 1 saturated heterocycles. The fraction of sp³-hybridized carbons (Fsp3) is 0.500. The van der Waals surface area contributed by atoms with E-state index in [0.29, 0.717) is 12.1 Å². The van der Waals surface area contributed by atoms with Crippen LogP contribution in [0.4, 0.5) is 5.69 Å². The highest BCUT2D eigenvalue weighted by Gasteiger charge is 2.33. The van der Waals surface area contributed by atoms with Gasteiger partial charge in [0.15, 0.2) is 9.84 Å². The van der Waals surface area contributed by atoms with Gasteiger partial charge in [0.1, 0.15) is 6.54 Å². The first-order chi connectivity index (χ1) is 10.7. The molecule has 6 nitrogen and oxygen atoms in total. The molecule has 1 heterocycles. The minimum atomic E-state index is -3.05. The highest BCUT2D eigenvalue weighted by Crippen LogP contribution is 2.19. The number of sulfone groups is 1. The Balaban J connectivity index is 2.11. The van der Waals surface area contributed by atoms with Crippen molar-refractivity contribution < 1.29 is 18.0 Å². The molecule has 23 heavy (non-hydrogen) atoms. The fourth-order valence-electron chi connectivity index (χ4n) is 2.71. The smallest absolute Gasteiger partial charge is 0.242 e. The van der Waals surface area contributed by atoms with E-state index in [2.05, 4.69) is 0 Å². The zero-order valence-corrected chi connectivity index (χ0v) is 14.5. The van der Waals surface area contributed by atoms with E-state index in [9.17, 15) is 18.0 Å². The first kappa shape index (κ1) is 17.5. The quantitative estimate of drug-likeness (QED) is 0.821. The molecule has 0 bridgehead atoms. The van der Waals surface area contributed by atoms with Gasteiger partial charge in [-0.05, 0) is 31.0 Å². The Morgan fingerprint density at radius 2 is 2.00 bits per heavy atom. The van der Waals surface area contributed by atoms with Gasteiger partial charge in [-0.3, -0.25) is 9.59 Å². The second-order valence-corrected chi connectivity index (χ2v) is 8.23. The molecule has 7 heteroatoms. The molecule has 1 aliphatic rings. The van der Waals surface area contributed by atoms with Crippen LogP contribution in [0.25, 0.3) is 0 Å². The number of rotatable bonds is 4. The van der Waals surface area contributed by atoms with Crippen LogP contribution in [0.1, 0.15) is 18.9 Å². The van der Waals surface area contributed by atoms with Crippen molar-refractivity contribution in [1.82, 2.24) is 4.90 Å². The molecule has 2 rings (SSSR count). The van der Waals surface area contributed by atoms with Crippen LogP contribution in [0.5, 0.6) is 0 Å². The largest absolute Gasteiger partial charge is 0.340 e. The lowest BCUT2D eigenvalue weighted by molar-refractivity contribution is -0.131. The van der Waals surface area contributed by atoms with E-state index in [4.69, 9.17) is 0 Å². The summed E-state index contributed by atoms with van der Waals surface area (Å²) in [6.45, 7) is 3.24. The predicted molar refractivity (Wildman–Crippen MR) is 89.0 cm³/mol. The van der Waals surface area contributed by atoms with Gasteiger partial charge in [0.2, 0.25) is 11.8 Å². The van der Waals surface area contributed by atoms with Gasteiger partial charge in [0.25, 0.3) is 0 Å². The van der Waals surface area contributed by atoms with Crippen molar-refractivity contribution in [2.24, 2.45) is 0 Å². The van der Waals surface area contributed by atoms with Crippen LogP contribution in [0.2, 0.25) is 0 Å². The standard InChI is InChI=1S/C16H22N2O4S/c1-12-5-4-6-14(9-12)18(13(2)19)10-16(20)17(3)15-7-8-23(21,22)11-15/h4-6,9,15H,7-8,10-11H2,1-3H3. The van der Waals surface area contributed by atoms with Crippen molar-refractivity contribution in [2.45, 2.75) is 26.3 Å². The third-order valence-corrected chi connectivity index (χ3v) is 5.89. The molecular weight excluding hydrogens is 316 g/mol. The number of hydrogen-bond donors (Lipinski definition) is 0. The van der Waals surface area contributed by atoms with Crippen molar-refractivity contribution in [3.63, 3.8) is 0 Å². The van der Waals surface area contributed by atoms with Gasteiger partial charge >= 0.3 is 0 Å². The third-order valence-electron chi connectivity index (χ3n) is 4.14. The van der Waals surface area contributed by atoms with Gasteiger partial charge in [-0.25, -0.2) is 8.42 Å². The summed E-state index contributed by atoms with van der Waals surface area (Å²) in [5, 5.41) is 0. The van der Waals surface area contributed by atoms with Crippen LogP contribution in [0, 0.1) is 6.92 Å². The number of amides is 2. The molecule has 0 N–H and O–H groups in total. The van der Waals surface area contributed by atoms with E-state index in [1.165, 1.54) is 16.7 Å². The Morgan fingerprint density at radius 1 is 1.30 bits per heavy atom. The molecule has 1 atom stereocenters. The zero-order valence-electron chi connectivity index (χ0n) is 13.7. The van der Waals surface area contributed by atoms with Crippen molar-refractivity contribution in [3.8, 4) is 0 Å². The lowest BCUT2D eigenvalue weighted by Gasteiger charge is -2.27. The fourth-order valence-corrected chi connectivity index (χ4v) is 4.49.